The Morgan fingerprint density at radius 1 is 1.09 bits per heavy atom. The molecule has 1 nitrogen and oxygen atoms in total. The first-order chi connectivity index (χ1) is 10.2. The van der Waals surface area contributed by atoms with Gasteiger partial charge in [0, 0.05) is 16.3 Å². The fraction of sp³-hybridized carbons (Fsp3) is 0.263. The number of rotatable bonds is 1. The van der Waals surface area contributed by atoms with Crippen molar-refractivity contribution < 1.29 is 22.3 Å². The Kier molecular flexibility index (Phi) is 4.58. The second-order valence-corrected chi connectivity index (χ2v) is 7.09. The molecule has 3 atom stereocenters. The minimum atomic E-state index is 0. The monoisotopic (exact) mass is 419 g/mol. The molecule has 0 spiro atoms. The van der Waals surface area contributed by atoms with E-state index >= 15 is 0 Å². The van der Waals surface area contributed by atoms with Gasteiger partial charge in [0.2, 0.25) is 0 Å². The summed E-state index contributed by atoms with van der Waals surface area (Å²) in [5.41, 5.74) is 5.90. The maximum absolute atomic E-state index is 3.65. The molecule has 1 saturated heterocycles. The van der Waals surface area contributed by atoms with E-state index < -0.39 is 0 Å². The minimum absolute atomic E-state index is 0. The first-order valence-corrected chi connectivity index (χ1v) is 8.42. The van der Waals surface area contributed by atoms with E-state index in [1.807, 2.05) is 0 Å². The summed E-state index contributed by atoms with van der Waals surface area (Å²) in [5, 5.41) is 2.48. The molecule has 22 heavy (non-hydrogen) atoms. The highest BCUT2D eigenvalue weighted by molar-refractivity contribution is 9.10. The Labute approximate surface area is 150 Å². The summed E-state index contributed by atoms with van der Waals surface area (Å²) in [6.07, 6.45) is 2.43. The van der Waals surface area contributed by atoms with Crippen molar-refractivity contribution in [3.63, 3.8) is 0 Å². The Hall–Kier alpha value is -0.900. The molecule has 0 aromatic heterocycles. The van der Waals surface area contributed by atoms with Crippen LogP contribution in [0.4, 0.5) is 0 Å². The normalized spacial score (nSPS) is 25.7. The molecule has 2 aliphatic rings. The van der Waals surface area contributed by atoms with Crippen LogP contribution in [0.1, 0.15) is 29.5 Å². The van der Waals surface area contributed by atoms with Gasteiger partial charge in [0.05, 0.1) is 6.54 Å². The van der Waals surface area contributed by atoms with E-state index in [4.69, 9.17) is 0 Å². The molecule has 0 bridgehead atoms. The van der Waals surface area contributed by atoms with Crippen molar-refractivity contribution in [2.45, 2.75) is 18.9 Å². The Morgan fingerprint density at radius 2 is 1.86 bits per heavy atom. The molecule has 2 aromatic rings. The predicted octanol–water partition coefficient (Wildman–Crippen LogP) is 0.564. The van der Waals surface area contributed by atoms with Crippen LogP contribution in [-0.2, 0) is 0 Å². The van der Waals surface area contributed by atoms with E-state index in [1.165, 1.54) is 27.7 Å². The van der Waals surface area contributed by atoms with Gasteiger partial charge >= 0.3 is 0 Å². The van der Waals surface area contributed by atoms with Crippen LogP contribution in [0.3, 0.4) is 0 Å². The molecule has 114 valence electrons. The summed E-state index contributed by atoms with van der Waals surface area (Å²) < 4.78 is 1.18. The van der Waals surface area contributed by atoms with E-state index in [0.717, 1.165) is 0 Å². The maximum Gasteiger partial charge on any atom is 0.105 e. The summed E-state index contributed by atoms with van der Waals surface area (Å²) >= 11 is 3.65. The third kappa shape index (κ3) is 2.60. The van der Waals surface area contributed by atoms with Crippen molar-refractivity contribution in [1.29, 1.82) is 0 Å². The smallest absolute Gasteiger partial charge is 0.105 e. The number of hydrogen-bond acceptors (Lipinski definition) is 0. The van der Waals surface area contributed by atoms with Crippen LogP contribution in [0.25, 0.3) is 6.08 Å². The van der Waals surface area contributed by atoms with Gasteiger partial charge in [-0.2, -0.15) is 0 Å². The number of benzene rings is 2. The summed E-state index contributed by atoms with van der Waals surface area (Å²) in [6.45, 7) is 3.52. The van der Waals surface area contributed by atoms with Gasteiger partial charge in [0.15, 0.2) is 0 Å². The third-order valence-corrected chi connectivity index (χ3v) is 5.46. The number of fused-ring (bicyclic) bond motifs is 2. The van der Waals surface area contributed by atoms with Crippen LogP contribution < -0.4 is 22.3 Å². The Balaban J connectivity index is 0.00000144. The molecule has 0 radical (unpaired) electrons. The van der Waals surface area contributed by atoms with Gasteiger partial charge < -0.3 is 22.3 Å². The molecular formula is C19H19Br2N. The number of quaternary nitrogens is 1. The van der Waals surface area contributed by atoms with Crippen molar-refractivity contribution in [2.24, 2.45) is 5.92 Å². The van der Waals surface area contributed by atoms with Gasteiger partial charge in [-0.1, -0.05) is 52.3 Å². The average Bonchev–Trinajstić information content (AvgIpc) is 2.87. The molecule has 3 heteroatoms. The van der Waals surface area contributed by atoms with Crippen molar-refractivity contribution in [3.8, 4) is 0 Å². The minimum Gasteiger partial charge on any atom is -1.00 e. The molecule has 0 saturated carbocycles. The molecule has 3 unspecified atom stereocenters. The quantitative estimate of drug-likeness (QED) is 0.694. The number of hydrogen-bond donors (Lipinski definition) is 1. The lowest BCUT2D eigenvalue weighted by atomic mass is 9.72. The van der Waals surface area contributed by atoms with E-state index in [0.29, 0.717) is 17.9 Å². The number of nitrogens with two attached hydrogens (primary N) is 1. The van der Waals surface area contributed by atoms with Crippen molar-refractivity contribution in [3.05, 3.63) is 75.3 Å². The zero-order valence-corrected chi connectivity index (χ0v) is 15.6. The largest absolute Gasteiger partial charge is 1.00 e. The van der Waals surface area contributed by atoms with Crippen molar-refractivity contribution >= 4 is 22.0 Å². The van der Waals surface area contributed by atoms with Gasteiger partial charge in [0.1, 0.15) is 6.04 Å². The summed E-state index contributed by atoms with van der Waals surface area (Å²) in [6, 6.07) is 18.3. The van der Waals surface area contributed by atoms with Crippen molar-refractivity contribution in [1.82, 2.24) is 0 Å². The van der Waals surface area contributed by atoms with E-state index in [1.54, 1.807) is 5.57 Å². The topological polar surface area (TPSA) is 16.6 Å². The fourth-order valence-electron chi connectivity index (χ4n) is 3.94. The van der Waals surface area contributed by atoms with Gasteiger partial charge in [0.25, 0.3) is 0 Å². The first kappa shape index (κ1) is 16.0. The van der Waals surface area contributed by atoms with Crippen LogP contribution in [0.2, 0.25) is 0 Å². The van der Waals surface area contributed by atoms with Crippen LogP contribution in [0.15, 0.2) is 58.6 Å². The molecular weight excluding hydrogens is 402 g/mol. The SMILES string of the molecule is CC1[NH2+]CC2C1=Cc1ccc(Br)cc1C2c1ccccc1.[Br-]. The summed E-state index contributed by atoms with van der Waals surface area (Å²) in [5.74, 6) is 1.11. The first-order valence-electron chi connectivity index (χ1n) is 7.63. The average molecular weight is 421 g/mol. The highest BCUT2D eigenvalue weighted by Crippen LogP contribution is 2.44. The molecule has 1 aliphatic heterocycles. The number of halogens is 2. The lowest BCUT2D eigenvalue weighted by Gasteiger charge is -2.30. The highest BCUT2D eigenvalue weighted by Gasteiger charge is 2.41. The second-order valence-electron chi connectivity index (χ2n) is 6.17. The lowest BCUT2D eigenvalue weighted by molar-refractivity contribution is -0.664. The zero-order valence-electron chi connectivity index (χ0n) is 12.5. The molecule has 2 aromatic carbocycles. The van der Waals surface area contributed by atoms with E-state index in [2.05, 4.69) is 82.8 Å². The van der Waals surface area contributed by atoms with Crippen molar-refractivity contribution in [2.75, 3.05) is 6.54 Å². The molecule has 0 amide bonds. The molecule has 1 heterocycles. The van der Waals surface area contributed by atoms with E-state index in [9.17, 15) is 0 Å². The van der Waals surface area contributed by atoms with Gasteiger partial charge in [-0.05, 0) is 47.4 Å². The summed E-state index contributed by atoms with van der Waals surface area (Å²) in [7, 11) is 0. The molecule has 4 rings (SSSR count). The van der Waals surface area contributed by atoms with Crippen LogP contribution in [0.5, 0.6) is 0 Å². The summed E-state index contributed by atoms with van der Waals surface area (Å²) in [4.78, 5) is 0. The standard InChI is InChI=1S/C19H18BrN.BrH/c1-12-16-9-14-7-8-15(20)10-17(14)19(18(16)11-21-12)13-5-3-2-4-6-13;/h2-10,12,18-19,21H,11H2,1H3;1H. The highest BCUT2D eigenvalue weighted by atomic mass is 79.9. The van der Waals surface area contributed by atoms with Crippen LogP contribution >= 0.6 is 15.9 Å². The second kappa shape index (κ2) is 6.31. The molecule has 2 N–H and O–H groups in total. The van der Waals surface area contributed by atoms with Crippen LogP contribution in [0, 0.1) is 5.92 Å². The maximum atomic E-state index is 3.65. The molecule has 1 fully saturated rings. The Bertz CT molecular complexity index is 709. The zero-order chi connectivity index (χ0) is 14.4. The molecule has 1 aliphatic carbocycles. The fourth-order valence-corrected chi connectivity index (χ4v) is 4.32. The van der Waals surface area contributed by atoms with Gasteiger partial charge in [-0.3, -0.25) is 0 Å². The van der Waals surface area contributed by atoms with E-state index in [-0.39, 0.29) is 17.0 Å². The predicted molar refractivity (Wildman–Crippen MR) is 90.1 cm³/mol. The van der Waals surface area contributed by atoms with Gasteiger partial charge in [-0.25, -0.2) is 0 Å². The third-order valence-electron chi connectivity index (χ3n) is 4.96. The Morgan fingerprint density at radius 3 is 2.64 bits per heavy atom. The van der Waals surface area contributed by atoms with Crippen LogP contribution in [-0.4, -0.2) is 12.6 Å². The lowest BCUT2D eigenvalue weighted by Crippen LogP contribution is -3.00. The van der Waals surface area contributed by atoms with Gasteiger partial charge in [-0.15, -0.1) is 0 Å².